The number of H-pyrrole nitrogens is 1. The van der Waals surface area contributed by atoms with Crippen molar-refractivity contribution in [3.8, 4) is 0 Å². The summed E-state index contributed by atoms with van der Waals surface area (Å²) in [6.07, 6.45) is 16.5. The summed E-state index contributed by atoms with van der Waals surface area (Å²) in [7, 11) is 0. The minimum absolute atomic E-state index is 0.639. The maximum Gasteiger partial charge on any atom is 0.180 e. The number of halogens is 1. The van der Waals surface area contributed by atoms with Gasteiger partial charge in [-0.3, -0.25) is 4.90 Å². The fraction of sp³-hybridized carbons (Fsp3) is 0.407. The van der Waals surface area contributed by atoms with Gasteiger partial charge in [0.2, 0.25) is 0 Å². The molecule has 7 heteroatoms. The summed E-state index contributed by atoms with van der Waals surface area (Å²) in [5.74, 6) is 0.844. The van der Waals surface area contributed by atoms with Crippen molar-refractivity contribution in [2.24, 2.45) is 5.73 Å². The lowest BCUT2D eigenvalue weighted by molar-refractivity contribution is 0.280. The van der Waals surface area contributed by atoms with Crippen LogP contribution in [0.2, 0.25) is 0 Å². The molecule has 3 rings (SSSR count). The number of hydrogen-bond donors (Lipinski definition) is 2. The molecule has 0 atom stereocenters. The Morgan fingerprint density at radius 2 is 2.03 bits per heavy atom. The number of piperazine rings is 1. The molecule has 0 aromatic carbocycles. The number of aromatic nitrogens is 3. The highest BCUT2D eigenvalue weighted by Crippen LogP contribution is 2.34. The Morgan fingerprint density at radius 3 is 2.68 bits per heavy atom. The number of hydrogen-bond acceptors (Lipinski definition) is 5. The maximum absolute atomic E-state index is 5.65. The van der Waals surface area contributed by atoms with Crippen molar-refractivity contribution in [3.63, 3.8) is 0 Å². The van der Waals surface area contributed by atoms with Crippen LogP contribution in [0, 0.1) is 0 Å². The van der Waals surface area contributed by atoms with Crippen molar-refractivity contribution in [1.29, 1.82) is 0 Å². The van der Waals surface area contributed by atoms with Crippen molar-refractivity contribution in [1.82, 2.24) is 19.9 Å². The first-order valence-electron chi connectivity index (χ1n) is 12.0. The zero-order valence-electron chi connectivity index (χ0n) is 20.6. The van der Waals surface area contributed by atoms with Crippen LogP contribution in [0.15, 0.2) is 64.9 Å². The third-order valence-corrected chi connectivity index (χ3v) is 6.26. The Balaban J connectivity index is 1.82. The number of anilines is 1. The maximum atomic E-state index is 5.65. The van der Waals surface area contributed by atoms with Gasteiger partial charge in [0.1, 0.15) is 11.3 Å². The molecular formula is C27H37BrN6. The summed E-state index contributed by atoms with van der Waals surface area (Å²) in [4.78, 5) is 17.9. The van der Waals surface area contributed by atoms with E-state index in [1.807, 2.05) is 13.1 Å². The summed E-state index contributed by atoms with van der Waals surface area (Å²) >= 11 is 3.75. The average Bonchev–Trinajstić information content (AvgIpc) is 3.23. The molecule has 34 heavy (non-hydrogen) atoms. The second kappa shape index (κ2) is 12.8. The molecule has 182 valence electrons. The van der Waals surface area contributed by atoms with Crippen LogP contribution in [0.1, 0.15) is 39.4 Å². The van der Waals surface area contributed by atoms with E-state index in [2.05, 4.69) is 92.6 Å². The molecule has 1 saturated heterocycles. The van der Waals surface area contributed by atoms with E-state index >= 15 is 0 Å². The number of pyridine rings is 1. The van der Waals surface area contributed by atoms with Crippen LogP contribution >= 0.6 is 15.9 Å². The fourth-order valence-corrected chi connectivity index (χ4v) is 4.75. The van der Waals surface area contributed by atoms with E-state index in [4.69, 9.17) is 10.7 Å². The van der Waals surface area contributed by atoms with Gasteiger partial charge in [0, 0.05) is 44.5 Å². The lowest BCUT2D eigenvalue weighted by atomic mass is 10.1. The normalized spacial score (nSPS) is 16.4. The van der Waals surface area contributed by atoms with Gasteiger partial charge in [0.05, 0.1) is 10.2 Å². The minimum atomic E-state index is 0.639. The molecule has 0 aliphatic carbocycles. The Labute approximate surface area is 212 Å². The largest absolute Gasteiger partial charge is 0.366 e. The van der Waals surface area contributed by atoms with Crippen LogP contribution in [0.5, 0.6) is 0 Å². The first kappa shape index (κ1) is 26.1. The number of imidazole rings is 1. The summed E-state index contributed by atoms with van der Waals surface area (Å²) < 4.78 is 0.986. The first-order valence-corrected chi connectivity index (χ1v) is 12.8. The van der Waals surface area contributed by atoms with Gasteiger partial charge in [0.15, 0.2) is 5.65 Å². The zero-order chi connectivity index (χ0) is 24.5. The van der Waals surface area contributed by atoms with Crippen LogP contribution in [-0.2, 0) is 0 Å². The SMILES string of the molecule is C=C(C)/C=C(\C=C/C)CN1CCN(c2c(Br)cnc3nc(C(/C=C\CCN)=C/CC)[nH]c23)CC1. The summed E-state index contributed by atoms with van der Waals surface area (Å²) in [5, 5.41) is 0. The molecule has 1 aliphatic heterocycles. The summed E-state index contributed by atoms with van der Waals surface area (Å²) in [6.45, 7) is 15.7. The van der Waals surface area contributed by atoms with E-state index in [0.29, 0.717) is 6.54 Å². The van der Waals surface area contributed by atoms with E-state index in [-0.39, 0.29) is 0 Å². The molecule has 2 aromatic rings. The molecule has 1 aliphatic rings. The number of nitrogens with two attached hydrogens (primary N) is 1. The summed E-state index contributed by atoms with van der Waals surface area (Å²) in [5.41, 5.74) is 12.0. The summed E-state index contributed by atoms with van der Waals surface area (Å²) in [6, 6.07) is 0. The molecule has 2 aromatic heterocycles. The highest BCUT2D eigenvalue weighted by atomic mass is 79.9. The first-order chi connectivity index (χ1) is 16.5. The standard InChI is InChI=1S/C27H37BrN6/c1-5-9-21(17-20(3)4)19-33-13-15-34(16-14-33)25-23(28)18-30-27-24(25)31-26(32-27)22(10-6-2)11-7-8-12-29/h5,7,9-11,17-18H,3,6,8,12-16,19,29H2,1-2,4H3,(H,30,31,32)/b9-5-,11-7-,21-17+,22-10+. The van der Waals surface area contributed by atoms with Crippen molar-refractivity contribution in [2.45, 2.75) is 33.6 Å². The third kappa shape index (κ3) is 6.78. The Morgan fingerprint density at radius 1 is 1.26 bits per heavy atom. The topological polar surface area (TPSA) is 74.1 Å². The van der Waals surface area contributed by atoms with Crippen LogP contribution < -0.4 is 10.6 Å². The molecule has 6 nitrogen and oxygen atoms in total. The van der Waals surface area contributed by atoms with E-state index in [1.165, 1.54) is 5.57 Å². The number of allylic oxidation sites excluding steroid dienone is 6. The second-order valence-corrected chi connectivity index (χ2v) is 9.47. The predicted octanol–water partition coefficient (Wildman–Crippen LogP) is 5.62. The molecular weight excluding hydrogens is 488 g/mol. The molecule has 0 spiro atoms. The number of nitrogens with one attached hydrogen (secondary N) is 1. The number of nitrogens with zero attached hydrogens (tertiary/aromatic N) is 4. The lowest BCUT2D eigenvalue weighted by Crippen LogP contribution is -2.47. The average molecular weight is 526 g/mol. The van der Waals surface area contributed by atoms with Gasteiger partial charge in [-0.25, -0.2) is 9.97 Å². The van der Waals surface area contributed by atoms with Gasteiger partial charge in [0.25, 0.3) is 0 Å². The van der Waals surface area contributed by atoms with E-state index in [9.17, 15) is 0 Å². The van der Waals surface area contributed by atoms with Crippen LogP contribution in [0.3, 0.4) is 0 Å². The molecule has 3 heterocycles. The van der Waals surface area contributed by atoms with Gasteiger partial charge in [-0.1, -0.05) is 55.5 Å². The molecule has 1 fully saturated rings. The van der Waals surface area contributed by atoms with Crippen molar-refractivity contribution in [3.05, 3.63) is 70.7 Å². The van der Waals surface area contributed by atoms with E-state index in [0.717, 1.165) is 83.9 Å². The third-order valence-electron chi connectivity index (χ3n) is 5.68. The van der Waals surface area contributed by atoms with Crippen LogP contribution in [-0.4, -0.2) is 59.1 Å². The molecule has 3 N–H and O–H groups in total. The number of rotatable bonds is 10. The van der Waals surface area contributed by atoms with Crippen molar-refractivity contribution >= 4 is 38.4 Å². The number of fused-ring (bicyclic) bond motifs is 1. The van der Waals surface area contributed by atoms with Gasteiger partial charge < -0.3 is 15.6 Å². The van der Waals surface area contributed by atoms with Crippen LogP contribution in [0.4, 0.5) is 5.69 Å². The number of aromatic amines is 1. The van der Waals surface area contributed by atoms with E-state index < -0.39 is 0 Å². The zero-order valence-corrected chi connectivity index (χ0v) is 22.2. The van der Waals surface area contributed by atoms with E-state index in [1.54, 1.807) is 0 Å². The fourth-order valence-electron chi connectivity index (χ4n) is 4.20. The monoisotopic (exact) mass is 524 g/mol. The molecule has 0 amide bonds. The van der Waals surface area contributed by atoms with Gasteiger partial charge in [-0.15, -0.1) is 0 Å². The second-order valence-electron chi connectivity index (χ2n) is 8.61. The van der Waals surface area contributed by atoms with Crippen molar-refractivity contribution in [2.75, 3.05) is 44.2 Å². The van der Waals surface area contributed by atoms with Gasteiger partial charge >= 0.3 is 0 Å². The smallest absolute Gasteiger partial charge is 0.180 e. The van der Waals surface area contributed by atoms with Crippen molar-refractivity contribution < 1.29 is 0 Å². The highest BCUT2D eigenvalue weighted by molar-refractivity contribution is 9.10. The molecule has 0 saturated carbocycles. The Hall–Kier alpha value is -2.48. The highest BCUT2D eigenvalue weighted by Gasteiger charge is 2.23. The van der Waals surface area contributed by atoms with Crippen LogP contribution in [0.25, 0.3) is 16.7 Å². The molecule has 0 bridgehead atoms. The quantitative estimate of drug-likeness (QED) is 0.394. The minimum Gasteiger partial charge on any atom is -0.366 e. The molecule has 0 unspecified atom stereocenters. The molecule has 0 radical (unpaired) electrons. The van der Waals surface area contributed by atoms with Gasteiger partial charge in [-0.2, -0.15) is 0 Å². The predicted molar refractivity (Wildman–Crippen MR) is 149 cm³/mol. The van der Waals surface area contributed by atoms with Gasteiger partial charge in [-0.05, 0) is 54.7 Å². The Bertz CT molecular complexity index is 1100. The lowest BCUT2D eigenvalue weighted by Gasteiger charge is -2.36. The Kier molecular flexibility index (Phi) is 9.86.